The number of nitrogens with zero attached hydrogens (tertiary/aromatic N) is 2. The normalized spacial score (nSPS) is 9.04. The summed E-state index contributed by atoms with van der Waals surface area (Å²) in [5.41, 5.74) is 8.39. The van der Waals surface area contributed by atoms with Gasteiger partial charge in [0.05, 0.1) is 13.1 Å². The average Bonchev–Trinajstić information content (AvgIpc) is 2.47. The van der Waals surface area contributed by atoms with E-state index in [1.165, 1.54) is 11.1 Å². The number of benzene rings is 2. The number of halogens is 2. The first kappa shape index (κ1) is 23.7. The quantitative estimate of drug-likeness (QED) is 0.277. The van der Waals surface area contributed by atoms with Gasteiger partial charge in [0, 0.05) is 0 Å². The molecule has 2 aromatic rings. The van der Waals surface area contributed by atoms with E-state index in [-0.39, 0.29) is 15.9 Å². The fraction of sp³-hybridized carbons (Fsp3) is 0.300. The van der Waals surface area contributed by atoms with Gasteiger partial charge in [-0.25, -0.2) is 9.69 Å². The first-order valence-electron chi connectivity index (χ1n) is 7.44. The van der Waals surface area contributed by atoms with Gasteiger partial charge < -0.3 is 0 Å². The maximum atomic E-state index is 6.92. The summed E-state index contributed by atoms with van der Waals surface area (Å²) in [7, 11) is 9.63. The molecule has 0 unspecified atom stereocenters. The van der Waals surface area contributed by atoms with Crippen LogP contribution in [-0.2, 0) is 15.9 Å². The third kappa shape index (κ3) is 8.05. The van der Waals surface area contributed by atoms with E-state index in [9.17, 15) is 0 Å². The van der Waals surface area contributed by atoms with Crippen LogP contribution in [0.4, 0.5) is 11.4 Å². The van der Waals surface area contributed by atoms with Gasteiger partial charge >= 0.3 is 35.0 Å². The molecule has 0 fully saturated rings. The third-order valence-electron chi connectivity index (χ3n) is 3.49. The van der Waals surface area contributed by atoms with E-state index < -0.39 is 0 Å². The van der Waals surface area contributed by atoms with Crippen LogP contribution in [0.3, 0.4) is 0 Å². The van der Waals surface area contributed by atoms with Crippen LogP contribution in [0.25, 0.3) is 9.69 Å². The molecule has 25 heavy (non-hydrogen) atoms. The van der Waals surface area contributed by atoms with Crippen LogP contribution >= 0.6 is 19.1 Å². The minimum absolute atomic E-state index is 0.106. The van der Waals surface area contributed by atoms with Crippen LogP contribution in [0.1, 0.15) is 33.4 Å². The van der Waals surface area contributed by atoms with E-state index in [0.717, 1.165) is 33.6 Å². The van der Waals surface area contributed by atoms with Gasteiger partial charge in [0.2, 0.25) is 0 Å². The molecule has 0 aliphatic heterocycles. The van der Waals surface area contributed by atoms with Crippen LogP contribution in [0, 0.1) is 54.7 Å². The molecule has 0 N–H and O–H groups in total. The molecule has 136 valence electrons. The summed E-state index contributed by atoms with van der Waals surface area (Å²) in [5, 5.41) is 0. The summed E-state index contributed by atoms with van der Waals surface area (Å²) >= 11 is -0.106. The van der Waals surface area contributed by atoms with Gasteiger partial charge in [0.25, 0.3) is 0 Å². The second-order valence-corrected chi connectivity index (χ2v) is 8.12. The number of hydrogen-bond donors (Lipinski definition) is 0. The van der Waals surface area contributed by atoms with Crippen molar-refractivity contribution < 1.29 is 15.9 Å². The number of rotatable bonds is 0. The Kier molecular flexibility index (Phi) is 11.4. The Morgan fingerprint density at radius 3 is 1.00 bits per heavy atom. The van der Waals surface area contributed by atoms with E-state index in [1.54, 1.807) is 0 Å². The summed E-state index contributed by atoms with van der Waals surface area (Å²) in [6, 6.07) is 8.17. The topological polar surface area (TPSA) is 8.72 Å². The second kappa shape index (κ2) is 12.1. The average molecular weight is 468 g/mol. The first-order chi connectivity index (χ1) is 11.7. The maximum absolute atomic E-state index is 6.92. The van der Waals surface area contributed by atoms with Crippen LogP contribution < -0.4 is 0 Å². The summed E-state index contributed by atoms with van der Waals surface area (Å²) < 4.78 is 0. The Labute approximate surface area is 167 Å². The molecule has 0 spiro atoms. The standard InChI is InChI=1S/2C10H11N.2ClH.Pd/c2*1-7-5-8(2)10(11-4)9(3)6-7;;;/h2*5-6H,1-3H3;2*1H;/q;;;;+2/p-2. The first-order valence-corrected chi connectivity index (χ1v) is 11.4. The Balaban J connectivity index is 0.000000399. The summed E-state index contributed by atoms with van der Waals surface area (Å²) in [5.74, 6) is 0. The van der Waals surface area contributed by atoms with Crippen molar-refractivity contribution in [2.45, 2.75) is 41.5 Å². The van der Waals surface area contributed by atoms with Crippen molar-refractivity contribution in [3.63, 3.8) is 0 Å². The molecule has 0 aromatic heterocycles. The molecular formula is C20H22Cl2N2Pd. The molecule has 0 bridgehead atoms. The molecule has 2 rings (SSSR count). The fourth-order valence-corrected chi connectivity index (χ4v) is 2.70. The molecule has 2 nitrogen and oxygen atoms in total. The van der Waals surface area contributed by atoms with Crippen LogP contribution in [0.2, 0.25) is 0 Å². The Morgan fingerprint density at radius 2 is 0.840 bits per heavy atom. The Bertz CT molecular complexity index is 689. The zero-order valence-electron chi connectivity index (χ0n) is 15.3. The molecule has 0 aliphatic rings. The summed E-state index contributed by atoms with van der Waals surface area (Å²) in [6.45, 7) is 25.9. The van der Waals surface area contributed by atoms with Gasteiger partial charge in [-0.2, -0.15) is 0 Å². The second-order valence-electron chi connectivity index (χ2n) is 5.76. The van der Waals surface area contributed by atoms with Crippen molar-refractivity contribution >= 4 is 30.4 Å². The fourth-order valence-electron chi connectivity index (χ4n) is 2.70. The zero-order valence-corrected chi connectivity index (χ0v) is 18.3. The van der Waals surface area contributed by atoms with Crippen molar-refractivity contribution in [3.05, 3.63) is 80.5 Å². The molecule has 0 amide bonds. The third-order valence-corrected chi connectivity index (χ3v) is 3.49. The predicted molar refractivity (Wildman–Crippen MR) is 106 cm³/mol. The van der Waals surface area contributed by atoms with Crippen LogP contribution in [0.5, 0.6) is 0 Å². The van der Waals surface area contributed by atoms with Crippen LogP contribution in [0.15, 0.2) is 24.3 Å². The molecule has 0 saturated heterocycles. The number of hydrogen-bond acceptors (Lipinski definition) is 0. The van der Waals surface area contributed by atoms with Gasteiger partial charge in [-0.15, -0.1) is 0 Å². The molecule has 5 heteroatoms. The van der Waals surface area contributed by atoms with Gasteiger partial charge in [-0.05, 0) is 63.8 Å². The Morgan fingerprint density at radius 1 is 0.640 bits per heavy atom. The van der Waals surface area contributed by atoms with E-state index in [1.807, 2.05) is 65.8 Å². The van der Waals surface area contributed by atoms with Crippen molar-refractivity contribution in [3.8, 4) is 0 Å². The van der Waals surface area contributed by atoms with Crippen molar-refractivity contribution in [2.24, 2.45) is 0 Å². The molecule has 0 heterocycles. The van der Waals surface area contributed by atoms with Gasteiger partial charge in [-0.3, -0.25) is 0 Å². The van der Waals surface area contributed by atoms with E-state index in [4.69, 9.17) is 32.2 Å². The van der Waals surface area contributed by atoms with Gasteiger partial charge in [0.1, 0.15) is 0 Å². The molecule has 0 saturated carbocycles. The molecular weight excluding hydrogens is 446 g/mol. The number of aryl methyl sites for hydroxylation is 6. The molecule has 2 aromatic carbocycles. The van der Waals surface area contributed by atoms with E-state index in [0.29, 0.717) is 0 Å². The minimum atomic E-state index is -0.106. The summed E-state index contributed by atoms with van der Waals surface area (Å²) in [4.78, 5) is 6.92. The van der Waals surface area contributed by atoms with E-state index >= 15 is 0 Å². The van der Waals surface area contributed by atoms with E-state index in [2.05, 4.69) is 9.69 Å². The zero-order chi connectivity index (χ0) is 19.6. The van der Waals surface area contributed by atoms with Gasteiger partial charge in [0.15, 0.2) is 11.4 Å². The SMILES string of the molecule is [C-]#[N+]c1c(C)cc(C)cc1C.[C-]#[N+]c1c(C)cc(C)cc1C.[Cl][Pd][Cl]. The van der Waals surface area contributed by atoms with Crippen molar-refractivity contribution in [2.75, 3.05) is 0 Å². The molecule has 0 atom stereocenters. The summed E-state index contributed by atoms with van der Waals surface area (Å²) in [6.07, 6.45) is 0. The Hall–Kier alpha value is -1.34. The predicted octanol–water partition coefficient (Wildman–Crippen LogP) is 7.70. The molecule has 0 radical (unpaired) electrons. The molecule has 0 aliphatic carbocycles. The van der Waals surface area contributed by atoms with Crippen LogP contribution in [-0.4, -0.2) is 0 Å². The van der Waals surface area contributed by atoms with Gasteiger partial charge in [-0.1, -0.05) is 35.4 Å². The van der Waals surface area contributed by atoms with Crippen molar-refractivity contribution in [1.29, 1.82) is 0 Å². The van der Waals surface area contributed by atoms with Crippen molar-refractivity contribution in [1.82, 2.24) is 0 Å². The monoisotopic (exact) mass is 466 g/mol.